The van der Waals surface area contributed by atoms with Crippen LogP contribution in [0.25, 0.3) is 22.4 Å². The molecule has 0 bridgehead atoms. The molecular weight excluding hydrogens is 454 g/mol. The van der Waals surface area contributed by atoms with Crippen LogP contribution in [0.3, 0.4) is 0 Å². The number of nitriles is 1. The molecule has 0 saturated carbocycles. The maximum atomic E-state index is 12.8. The van der Waals surface area contributed by atoms with Gasteiger partial charge in [0, 0.05) is 18.6 Å². The van der Waals surface area contributed by atoms with Crippen LogP contribution in [0.1, 0.15) is 22.7 Å². The van der Waals surface area contributed by atoms with E-state index in [0.717, 1.165) is 5.56 Å². The number of para-hydroxylation sites is 1. The summed E-state index contributed by atoms with van der Waals surface area (Å²) in [6.45, 7) is 0. The maximum absolute atomic E-state index is 12.8. The van der Waals surface area contributed by atoms with Crippen LogP contribution in [0.5, 0.6) is 0 Å². The van der Waals surface area contributed by atoms with Gasteiger partial charge in [-0.15, -0.1) is 5.10 Å². The van der Waals surface area contributed by atoms with Crippen LogP contribution in [-0.4, -0.2) is 19.5 Å². The summed E-state index contributed by atoms with van der Waals surface area (Å²) in [7, 11) is 0. The van der Waals surface area contributed by atoms with Gasteiger partial charge in [-0.2, -0.15) is 9.78 Å². The Labute approximate surface area is 196 Å². The highest BCUT2D eigenvalue weighted by Gasteiger charge is 2.17. The summed E-state index contributed by atoms with van der Waals surface area (Å²) in [5, 5.41) is 24.5. The van der Waals surface area contributed by atoms with E-state index in [1.807, 2.05) is 12.1 Å². The van der Waals surface area contributed by atoms with Crippen molar-refractivity contribution in [2.75, 3.05) is 0 Å². The number of furan rings is 1. The Morgan fingerprint density at radius 1 is 1.12 bits per heavy atom. The average Bonchev–Trinajstić information content (AvgIpc) is 3.55. The Morgan fingerprint density at radius 3 is 2.65 bits per heavy atom. The highest BCUT2D eigenvalue weighted by atomic mass is 32.1. The predicted molar refractivity (Wildman–Crippen MR) is 125 cm³/mol. The van der Waals surface area contributed by atoms with Crippen LogP contribution in [0, 0.1) is 21.4 Å². The number of nitrogens with zero attached hydrogens (tertiary/aromatic N) is 5. The number of fused-ring (bicyclic) bond motifs is 1. The van der Waals surface area contributed by atoms with E-state index in [2.05, 4.69) is 16.2 Å². The number of benzene rings is 2. The Kier molecular flexibility index (Phi) is 5.45. The van der Waals surface area contributed by atoms with E-state index in [1.54, 1.807) is 48.5 Å². The molecule has 0 radical (unpaired) electrons. The molecule has 0 fully saturated rings. The predicted octanol–water partition coefficient (Wildman–Crippen LogP) is 3.52. The van der Waals surface area contributed by atoms with Crippen molar-refractivity contribution in [1.29, 1.82) is 5.26 Å². The van der Waals surface area contributed by atoms with Gasteiger partial charge in [-0.3, -0.25) is 14.9 Å². The summed E-state index contributed by atoms with van der Waals surface area (Å²) >= 11 is 1.20. The van der Waals surface area contributed by atoms with Crippen molar-refractivity contribution in [3.8, 4) is 17.4 Å². The normalized spacial score (nSPS) is 11.7. The fraction of sp³-hybridized carbons (Fsp3) is 0.0833. The lowest BCUT2D eigenvalue weighted by atomic mass is 10.1. The summed E-state index contributed by atoms with van der Waals surface area (Å²) in [5.74, 6) is 1.31. The quantitative estimate of drug-likeness (QED) is 0.275. The zero-order chi connectivity index (χ0) is 23.7. The third-order valence-electron chi connectivity index (χ3n) is 5.21. The first kappa shape index (κ1) is 21.2. The minimum absolute atomic E-state index is 0.0553. The second-order valence-corrected chi connectivity index (χ2v) is 8.43. The lowest BCUT2D eigenvalue weighted by Crippen LogP contribution is -2.23. The fourth-order valence-electron chi connectivity index (χ4n) is 3.53. The van der Waals surface area contributed by atoms with Gasteiger partial charge in [-0.05, 0) is 42.3 Å². The number of aryl methyl sites for hydroxylation is 2. The van der Waals surface area contributed by atoms with E-state index < -0.39 is 4.92 Å². The molecule has 0 aliphatic rings. The summed E-state index contributed by atoms with van der Waals surface area (Å²) < 4.78 is 7.43. The van der Waals surface area contributed by atoms with E-state index >= 15 is 0 Å². The van der Waals surface area contributed by atoms with Crippen molar-refractivity contribution < 1.29 is 9.34 Å². The topological polar surface area (TPSA) is 127 Å². The number of rotatable bonds is 6. The minimum Gasteiger partial charge on any atom is -0.456 e. The molecule has 5 aromatic rings. The van der Waals surface area contributed by atoms with E-state index in [-0.39, 0.29) is 11.2 Å². The monoisotopic (exact) mass is 469 g/mol. The minimum atomic E-state index is -0.462. The Hall–Kier alpha value is -4.62. The molecule has 0 saturated heterocycles. The largest absolute Gasteiger partial charge is 0.456 e. The second kappa shape index (κ2) is 8.73. The van der Waals surface area contributed by atoms with E-state index in [0.29, 0.717) is 50.8 Å². The second-order valence-electron chi connectivity index (χ2n) is 7.42. The molecule has 0 N–H and O–H groups in total. The molecule has 9 nitrogen and oxygen atoms in total. The van der Waals surface area contributed by atoms with Gasteiger partial charge in [0.05, 0.1) is 22.1 Å². The zero-order valence-corrected chi connectivity index (χ0v) is 18.4. The van der Waals surface area contributed by atoms with Crippen LogP contribution < -0.4 is 10.1 Å². The molecular formula is C24H15N5O4S. The summed E-state index contributed by atoms with van der Waals surface area (Å²) in [6, 6.07) is 19.0. The van der Waals surface area contributed by atoms with E-state index in [4.69, 9.17) is 9.68 Å². The summed E-state index contributed by atoms with van der Waals surface area (Å²) in [6.07, 6.45) is 2.84. The Bertz CT molecular complexity index is 1670. The van der Waals surface area contributed by atoms with Gasteiger partial charge in [0.25, 0.3) is 11.2 Å². The first-order chi connectivity index (χ1) is 16.5. The van der Waals surface area contributed by atoms with Crippen LogP contribution in [-0.2, 0) is 12.8 Å². The molecule has 0 aliphatic heterocycles. The maximum Gasteiger partial charge on any atom is 0.291 e. The molecule has 5 rings (SSSR count). The van der Waals surface area contributed by atoms with Gasteiger partial charge in [0.2, 0.25) is 4.96 Å². The Balaban J connectivity index is 1.38. The number of aromatic nitrogens is 3. The molecule has 3 heterocycles. The number of nitro benzene ring substituents is 1. The summed E-state index contributed by atoms with van der Waals surface area (Å²) in [5.41, 5.74) is 1.67. The molecule has 0 atom stereocenters. The number of thiazole rings is 1. The molecule has 0 amide bonds. The number of hydrogen-bond acceptors (Lipinski definition) is 8. The summed E-state index contributed by atoms with van der Waals surface area (Å²) in [4.78, 5) is 28.5. The molecule has 166 valence electrons. The van der Waals surface area contributed by atoms with Crippen molar-refractivity contribution in [2.24, 2.45) is 0 Å². The molecule has 10 heteroatoms. The lowest BCUT2D eigenvalue weighted by molar-refractivity contribution is -0.384. The Morgan fingerprint density at radius 2 is 1.91 bits per heavy atom. The standard InChI is InChI=1S/C24H15N5O4S/c25-14-16-7-5-15(6-8-16)9-12-22-26-24-28(27-22)23(30)21(34-24)13-17-10-11-20(33-17)18-3-1-2-4-19(18)29(31)32/h1-8,10-11,13H,9,12H2/b21-13-. The van der Waals surface area contributed by atoms with Crippen LogP contribution in [0.15, 0.2) is 69.9 Å². The molecule has 0 unspecified atom stereocenters. The van der Waals surface area contributed by atoms with Gasteiger partial charge in [-0.25, -0.2) is 4.98 Å². The highest BCUT2D eigenvalue weighted by Crippen LogP contribution is 2.30. The SMILES string of the molecule is N#Cc1ccc(CCc2nc3s/c(=C\c4ccc(-c5ccccc5[N+](=O)[O-])o4)c(=O)n3n2)cc1. The molecule has 0 spiro atoms. The van der Waals surface area contributed by atoms with Gasteiger partial charge < -0.3 is 4.42 Å². The van der Waals surface area contributed by atoms with Crippen molar-refractivity contribution >= 4 is 28.1 Å². The lowest BCUT2D eigenvalue weighted by Gasteiger charge is -1.98. The van der Waals surface area contributed by atoms with Crippen LogP contribution >= 0.6 is 11.3 Å². The van der Waals surface area contributed by atoms with Gasteiger partial charge in [0.1, 0.15) is 16.1 Å². The number of nitro groups is 1. The van der Waals surface area contributed by atoms with Gasteiger partial charge in [-0.1, -0.05) is 35.6 Å². The van der Waals surface area contributed by atoms with Crippen LogP contribution in [0.4, 0.5) is 5.69 Å². The third-order valence-corrected chi connectivity index (χ3v) is 6.17. The first-order valence-electron chi connectivity index (χ1n) is 10.2. The van der Waals surface area contributed by atoms with Crippen molar-refractivity contribution in [2.45, 2.75) is 12.8 Å². The molecule has 2 aromatic carbocycles. The van der Waals surface area contributed by atoms with Gasteiger partial charge in [0.15, 0.2) is 5.82 Å². The van der Waals surface area contributed by atoms with E-state index in [9.17, 15) is 14.9 Å². The van der Waals surface area contributed by atoms with Crippen LogP contribution in [0.2, 0.25) is 0 Å². The molecule has 3 aromatic heterocycles. The zero-order valence-electron chi connectivity index (χ0n) is 17.5. The van der Waals surface area contributed by atoms with Crippen molar-refractivity contribution in [3.05, 3.63) is 108 Å². The first-order valence-corrected chi connectivity index (χ1v) is 11.1. The number of hydrogen-bond donors (Lipinski definition) is 0. The highest BCUT2D eigenvalue weighted by molar-refractivity contribution is 7.15. The van der Waals surface area contributed by atoms with Crippen molar-refractivity contribution in [3.63, 3.8) is 0 Å². The third kappa shape index (κ3) is 4.07. The molecule has 0 aliphatic carbocycles. The van der Waals surface area contributed by atoms with E-state index in [1.165, 1.54) is 21.9 Å². The average molecular weight is 469 g/mol. The van der Waals surface area contributed by atoms with Crippen molar-refractivity contribution in [1.82, 2.24) is 14.6 Å². The fourth-order valence-corrected chi connectivity index (χ4v) is 4.43. The smallest absolute Gasteiger partial charge is 0.291 e. The molecule has 34 heavy (non-hydrogen) atoms. The van der Waals surface area contributed by atoms with Gasteiger partial charge >= 0.3 is 0 Å².